The van der Waals surface area contributed by atoms with Crippen LogP contribution < -0.4 is 0 Å². The standard InChI is InChI=1S/C15H21N5OS/c1-11-17-12(10-22-11)8-14(21)20-7-6-18(2)13(9-20)15-16-4-5-19(15)3/h4-5,10,13H,6-9H2,1-3H3. The van der Waals surface area contributed by atoms with Gasteiger partial charge >= 0.3 is 0 Å². The van der Waals surface area contributed by atoms with Crippen molar-refractivity contribution in [2.24, 2.45) is 7.05 Å². The molecule has 1 aliphatic heterocycles. The molecule has 0 radical (unpaired) electrons. The van der Waals surface area contributed by atoms with Crippen LogP contribution >= 0.6 is 11.3 Å². The number of piperazine rings is 1. The average molecular weight is 319 g/mol. The summed E-state index contributed by atoms with van der Waals surface area (Å²) in [5.41, 5.74) is 0.875. The molecule has 1 amide bonds. The number of thiazole rings is 1. The molecule has 22 heavy (non-hydrogen) atoms. The van der Waals surface area contributed by atoms with Gasteiger partial charge in [-0.2, -0.15) is 0 Å². The minimum absolute atomic E-state index is 0.148. The third-order valence-corrected chi connectivity index (χ3v) is 4.98. The molecular formula is C15H21N5OS. The van der Waals surface area contributed by atoms with Crippen LogP contribution in [0.3, 0.4) is 0 Å². The van der Waals surface area contributed by atoms with Gasteiger partial charge in [-0.1, -0.05) is 0 Å². The Labute approximate surface area is 134 Å². The van der Waals surface area contributed by atoms with Crippen LogP contribution in [0.4, 0.5) is 0 Å². The number of aromatic nitrogens is 3. The van der Waals surface area contributed by atoms with Crippen LogP contribution in [0.5, 0.6) is 0 Å². The summed E-state index contributed by atoms with van der Waals surface area (Å²) in [6.07, 6.45) is 4.14. The van der Waals surface area contributed by atoms with Gasteiger partial charge in [0.2, 0.25) is 5.91 Å². The van der Waals surface area contributed by atoms with Gasteiger partial charge in [-0.05, 0) is 14.0 Å². The molecule has 1 atom stereocenters. The fourth-order valence-electron chi connectivity index (χ4n) is 2.83. The van der Waals surface area contributed by atoms with Gasteiger partial charge in [0, 0.05) is 44.5 Å². The molecule has 0 N–H and O–H groups in total. The van der Waals surface area contributed by atoms with Crippen LogP contribution in [0.15, 0.2) is 17.8 Å². The van der Waals surface area contributed by atoms with Gasteiger partial charge in [0.25, 0.3) is 0 Å². The van der Waals surface area contributed by atoms with Gasteiger partial charge in [-0.3, -0.25) is 9.69 Å². The van der Waals surface area contributed by atoms with E-state index >= 15 is 0 Å². The first-order valence-electron chi connectivity index (χ1n) is 7.41. The van der Waals surface area contributed by atoms with Gasteiger partial charge in [-0.15, -0.1) is 11.3 Å². The number of carbonyl (C=O) groups is 1. The van der Waals surface area contributed by atoms with E-state index in [1.54, 1.807) is 11.3 Å². The molecule has 1 aliphatic rings. The summed E-state index contributed by atoms with van der Waals surface area (Å²) in [5.74, 6) is 1.15. The van der Waals surface area contributed by atoms with Crippen molar-refractivity contribution in [3.8, 4) is 0 Å². The number of imidazole rings is 1. The highest BCUT2D eigenvalue weighted by Gasteiger charge is 2.30. The van der Waals surface area contributed by atoms with E-state index in [2.05, 4.69) is 21.9 Å². The Morgan fingerprint density at radius 1 is 1.41 bits per heavy atom. The second kappa shape index (κ2) is 6.18. The van der Waals surface area contributed by atoms with E-state index in [0.717, 1.165) is 29.6 Å². The van der Waals surface area contributed by atoms with Crippen molar-refractivity contribution in [2.45, 2.75) is 19.4 Å². The zero-order valence-electron chi connectivity index (χ0n) is 13.2. The number of nitrogens with zero attached hydrogens (tertiary/aromatic N) is 5. The van der Waals surface area contributed by atoms with Gasteiger partial charge in [0.05, 0.1) is 23.2 Å². The maximum atomic E-state index is 12.5. The molecule has 1 fully saturated rings. The maximum absolute atomic E-state index is 12.5. The monoisotopic (exact) mass is 319 g/mol. The Hall–Kier alpha value is -1.73. The summed E-state index contributed by atoms with van der Waals surface area (Å²) < 4.78 is 2.03. The second-order valence-corrected chi connectivity index (χ2v) is 6.83. The van der Waals surface area contributed by atoms with Crippen molar-refractivity contribution >= 4 is 17.2 Å². The SMILES string of the molecule is Cc1nc(CC(=O)N2CCN(C)C(c3nccn3C)C2)cs1. The lowest BCUT2D eigenvalue weighted by molar-refractivity contribution is -0.133. The first-order valence-corrected chi connectivity index (χ1v) is 8.29. The van der Waals surface area contributed by atoms with Crippen molar-refractivity contribution in [3.63, 3.8) is 0 Å². The molecule has 2 aromatic rings. The van der Waals surface area contributed by atoms with Crippen LogP contribution in [0.1, 0.15) is 22.6 Å². The molecule has 0 aliphatic carbocycles. The van der Waals surface area contributed by atoms with Gasteiger partial charge < -0.3 is 9.47 Å². The fraction of sp³-hybridized carbons (Fsp3) is 0.533. The molecule has 1 unspecified atom stereocenters. The lowest BCUT2D eigenvalue weighted by Crippen LogP contribution is -2.50. The minimum atomic E-state index is 0.148. The molecule has 1 saturated heterocycles. The Morgan fingerprint density at radius 3 is 2.86 bits per heavy atom. The Kier molecular flexibility index (Phi) is 4.26. The van der Waals surface area contributed by atoms with E-state index in [1.807, 2.05) is 41.2 Å². The molecule has 7 heteroatoms. The molecule has 3 rings (SSSR count). The van der Waals surface area contributed by atoms with Crippen LogP contribution in [-0.4, -0.2) is 56.9 Å². The van der Waals surface area contributed by atoms with Crippen LogP contribution in [-0.2, 0) is 18.3 Å². The molecule has 118 valence electrons. The highest BCUT2D eigenvalue weighted by Crippen LogP contribution is 2.23. The quantitative estimate of drug-likeness (QED) is 0.854. The van der Waals surface area contributed by atoms with Crippen molar-refractivity contribution in [2.75, 3.05) is 26.7 Å². The Balaban J connectivity index is 1.70. The van der Waals surface area contributed by atoms with Crippen LogP contribution in [0.2, 0.25) is 0 Å². The lowest BCUT2D eigenvalue weighted by Gasteiger charge is -2.39. The largest absolute Gasteiger partial charge is 0.339 e. The summed E-state index contributed by atoms with van der Waals surface area (Å²) in [5, 5.41) is 2.98. The second-order valence-electron chi connectivity index (χ2n) is 5.77. The number of hydrogen-bond acceptors (Lipinski definition) is 5. The number of rotatable bonds is 3. The van der Waals surface area contributed by atoms with Gasteiger partial charge in [0.1, 0.15) is 5.82 Å². The summed E-state index contributed by atoms with van der Waals surface area (Å²) in [4.78, 5) is 25.6. The predicted octanol–water partition coefficient (Wildman–Crippen LogP) is 1.24. The van der Waals surface area contributed by atoms with Crippen LogP contribution in [0.25, 0.3) is 0 Å². The summed E-state index contributed by atoms with van der Waals surface area (Å²) in [7, 11) is 4.08. The summed E-state index contributed by atoms with van der Waals surface area (Å²) in [6, 6.07) is 0.148. The Morgan fingerprint density at radius 2 is 2.23 bits per heavy atom. The molecule has 0 saturated carbocycles. The first kappa shape index (κ1) is 15.2. The highest BCUT2D eigenvalue weighted by atomic mass is 32.1. The highest BCUT2D eigenvalue weighted by molar-refractivity contribution is 7.09. The van der Waals surface area contributed by atoms with Crippen molar-refractivity contribution < 1.29 is 4.79 Å². The zero-order valence-corrected chi connectivity index (χ0v) is 14.0. The van der Waals surface area contributed by atoms with E-state index < -0.39 is 0 Å². The van der Waals surface area contributed by atoms with Crippen molar-refractivity contribution in [3.05, 3.63) is 34.3 Å². The molecule has 0 bridgehead atoms. The number of aryl methyl sites for hydroxylation is 2. The molecule has 0 aromatic carbocycles. The molecule has 6 nitrogen and oxygen atoms in total. The summed E-state index contributed by atoms with van der Waals surface area (Å²) >= 11 is 1.59. The van der Waals surface area contributed by atoms with E-state index in [4.69, 9.17) is 0 Å². The normalized spacial score (nSPS) is 19.6. The number of hydrogen-bond donors (Lipinski definition) is 0. The third-order valence-electron chi connectivity index (χ3n) is 4.16. The number of likely N-dealkylation sites (N-methyl/N-ethyl adjacent to an activating group) is 1. The minimum Gasteiger partial charge on any atom is -0.339 e. The Bertz CT molecular complexity index is 664. The number of carbonyl (C=O) groups excluding carboxylic acids is 1. The van der Waals surface area contributed by atoms with E-state index in [1.165, 1.54) is 0 Å². The van der Waals surface area contributed by atoms with E-state index in [-0.39, 0.29) is 11.9 Å². The molecule has 3 heterocycles. The first-order chi connectivity index (χ1) is 10.5. The summed E-state index contributed by atoms with van der Waals surface area (Å²) in [6.45, 7) is 4.27. The smallest absolute Gasteiger partial charge is 0.228 e. The van der Waals surface area contributed by atoms with Crippen LogP contribution in [0, 0.1) is 6.92 Å². The third kappa shape index (κ3) is 3.05. The van der Waals surface area contributed by atoms with Crippen molar-refractivity contribution in [1.29, 1.82) is 0 Å². The number of amides is 1. The van der Waals surface area contributed by atoms with E-state index in [0.29, 0.717) is 13.0 Å². The zero-order chi connectivity index (χ0) is 15.7. The van der Waals surface area contributed by atoms with Gasteiger partial charge in [0.15, 0.2) is 0 Å². The van der Waals surface area contributed by atoms with E-state index in [9.17, 15) is 4.79 Å². The van der Waals surface area contributed by atoms with Gasteiger partial charge in [-0.25, -0.2) is 9.97 Å². The predicted molar refractivity (Wildman–Crippen MR) is 85.7 cm³/mol. The molecule has 0 spiro atoms. The maximum Gasteiger partial charge on any atom is 0.228 e. The average Bonchev–Trinajstić information content (AvgIpc) is 3.08. The molecular weight excluding hydrogens is 298 g/mol. The molecule has 2 aromatic heterocycles. The topological polar surface area (TPSA) is 54.3 Å². The lowest BCUT2D eigenvalue weighted by atomic mass is 10.1. The van der Waals surface area contributed by atoms with Crippen molar-refractivity contribution in [1.82, 2.24) is 24.3 Å². The fourth-order valence-corrected chi connectivity index (χ4v) is 3.45.